The molecule has 1 aromatic rings. The van der Waals surface area contributed by atoms with Crippen LogP contribution >= 0.6 is 11.6 Å². The molecule has 0 aliphatic heterocycles. The van der Waals surface area contributed by atoms with Gasteiger partial charge in [-0.2, -0.15) is 0 Å². The molecule has 0 radical (unpaired) electrons. The first-order valence-electron chi connectivity index (χ1n) is 5.63. The highest BCUT2D eigenvalue weighted by molar-refractivity contribution is 7.89. The van der Waals surface area contributed by atoms with E-state index in [4.69, 9.17) is 16.3 Å². The lowest BCUT2D eigenvalue weighted by molar-refractivity contribution is 0.200. The van der Waals surface area contributed by atoms with Crippen molar-refractivity contribution in [1.29, 1.82) is 0 Å². The van der Waals surface area contributed by atoms with E-state index >= 15 is 0 Å². The summed E-state index contributed by atoms with van der Waals surface area (Å²) < 4.78 is 29.7. The first-order chi connectivity index (χ1) is 8.87. The molecule has 1 N–H and O–H groups in total. The Morgan fingerprint density at radius 3 is 2.63 bits per heavy atom. The summed E-state index contributed by atoms with van der Waals surface area (Å²) in [6, 6.07) is 3.11. The highest BCUT2D eigenvalue weighted by Crippen LogP contribution is 2.14. The second-order valence-electron chi connectivity index (χ2n) is 4.10. The number of alkyl halides is 1. The summed E-state index contributed by atoms with van der Waals surface area (Å²) in [7, 11) is 1.09. The lowest BCUT2D eigenvalue weighted by atomic mass is 10.4. The topological polar surface area (TPSA) is 71.5 Å². The second kappa shape index (κ2) is 7.04. The largest absolute Gasteiger partial charge is 0.383 e. The van der Waals surface area contributed by atoms with Crippen molar-refractivity contribution in [3.05, 3.63) is 18.3 Å². The fourth-order valence-electron chi connectivity index (χ4n) is 1.30. The molecular weight excluding hydrogens is 290 g/mol. The highest BCUT2D eigenvalue weighted by Gasteiger charge is 2.17. The SMILES string of the molecule is COCC(Cl)CNc1ccc(S(=O)(=O)N(C)C)cn1. The smallest absolute Gasteiger partial charge is 0.244 e. The highest BCUT2D eigenvalue weighted by atomic mass is 35.5. The van der Waals surface area contributed by atoms with Crippen LogP contribution in [0.15, 0.2) is 23.2 Å². The van der Waals surface area contributed by atoms with Crippen molar-refractivity contribution >= 4 is 27.4 Å². The van der Waals surface area contributed by atoms with Crippen molar-refractivity contribution in [2.75, 3.05) is 39.7 Å². The van der Waals surface area contributed by atoms with Crippen LogP contribution in [0.4, 0.5) is 5.82 Å². The van der Waals surface area contributed by atoms with E-state index in [1.165, 1.54) is 26.4 Å². The van der Waals surface area contributed by atoms with Gasteiger partial charge < -0.3 is 10.1 Å². The summed E-state index contributed by atoms with van der Waals surface area (Å²) in [5.41, 5.74) is 0. The Labute approximate surface area is 118 Å². The van der Waals surface area contributed by atoms with Gasteiger partial charge in [0.15, 0.2) is 0 Å². The number of pyridine rings is 1. The molecule has 1 aromatic heterocycles. The van der Waals surface area contributed by atoms with Gasteiger partial charge in [0.25, 0.3) is 0 Å². The molecule has 0 spiro atoms. The molecule has 6 nitrogen and oxygen atoms in total. The van der Waals surface area contributed by atoms with E-state index in [1.54, 1.807) is 13.2 Å². The molecule has 0 saturated heterocycles. The van der Waals surface area contributed by atoms with E-state index in [1.807, 2.05) is 0 Å². The molecule has 0 aliphatic carbocycles. The Hall–Kier alpha value is -0.890. The lowest BCUT2D eigenvalue weighted by Gasteiger charge is -2.12. The number of sulfonamides is 1. The fraction of sp³-hybridized carbons (Fsp3) is 0.545. The molecule has 1 unspecified atom stereocenters. The number of nitrogens with zero attached hydrogens (tertiary/aromatic N) is 2. The number of rotatable bonds is 7. The lowest BCUT2D eigenvalue weighted by Crippen LogP contribution is -2.22. The predicted molar refractivity (Wildman–Crippen MR) is 75.1 cm³/mol. The minimum atomic E-state index is -3.44. The zero-order chi connectivity index (χ0) is 14.5. The van der Waals surface area contributed by atoms with Crippen LogP contribution in [0.1, 0.15) is 0 Å². The molecule has 1 atom stereocenters. The first kappa shape index (κ1) is 16.2. The molecular formula is C11H18ClN3O3S. The van der Waals surface area contributed by atoms with Crippen LogP contribution in [0.3, 0.4) is 0 Å². The third-order valence-corrected chi connectivity index (χ3v) is 4.45. The Morgan fingerprint density at radius 1 is 1.47 bits per heavy atom. The van der Waals surface area contributed by atoms with Gasteiger partial charge in [-0.15, -0.1) is 11.6 Å². The van der Waals surface area contributed by atoms with Crippen molar-refractivity contribution in [2.45, 2.75) is 10.3 Å². The average molecular weight is 308 g/mol. The summed E-state index contributed by atoms with van der Waals surface area (Å²) in [6.45, 7) is 0.920. The third-order valence-electron chi connectivity index (χ3n) is 2.37. The van der Waals surface area contributed by atoms with Crippen molar-refractivity contribution in [3.8, 4) is 0 Å². The fourth-order valence-corrected chi connectivity index (χ4v) is 2.35. The van der Waals surface area contributed by atoms with Crippen molar-refractivity contribution in [3.63, 3.8) is 0 Å². The van der Waals surface area contributed by atoms with E-state index in [9.17, 15) is 8.42 Å². The Balaban J connectivity index is 2.67. The zero-order valence-electron chi connectivity index (χ0n) is 11.1. The number of ether oxygens (including phenoxy) is 1. The number of aromatic nitrogens is 1. The quantitative estimate of drug-likeness (QED) is 0.761. The first-order valence-corrected chi connectivity index (χ1v) is 7.51. The van der Waals surface area contributed by atoms with Crippen LogP contribution in [-0.4, -0.2) is 57.4 Å². The van der Waals surface area contributed by atoms with Gasteiger partial charge in [0.05, 0.1) is 12.0 Å². The number of halogens is 1. The van der Waals surface area contributed by atoms with E-state index in [0.717, 1.165) is 4.31 Å². The summed E-state index contributed by atoms with van der Waals surface area (Å²) in [5, 5.41) is 2.84. The third kappa shape index (κ3) is 4.61. The number of hydrogen-bond acceptors (Lipinski definition) is 5. The van der Waals surface area contributed by atoms with Crippen LogP contribution in [0.25, 0.3) is 0 Å². The minimum Gasteiger partial charge on any atom is -0.383 e. The van der Waals surface area contributed by atoms with Gasteiger partial charge in [0.2, 0.25) is 10.0 Å². The summed E-state index contributed by atoms with van der Waals surface area (Å²) >= 11 is 5.96. The molecule has 0 saturated carbocycles. The molecule has 0 amide bonds. The maximum Gasteiger partial charge on any atom is 0.244 e. The number of anilines is 1. The predicted octanol–water partition coefficient (Wildman–Crippen LogP) is 0.998. The van der Waals surface area contributed by atoms with Gasteiger partial charge in [-0.25, -0.2) is 17.7 Å². The van der Waals surface area contributed by atoms with Gasteiger partial charge >= 0.3 is 0 Å². The van der Waals surface area contributed by atoms with E-state index in [2.05, 4.69) is 10.3 Å². The molecule has 19 heavy (non-hydrogen) atoms. The number of nitrogens with one attached hydrogen (secondary N) is 1. The molecule has 1 heterocycles. The van der Waals surface area contributed by atoms with Gasteiger partial charge in [-0.3, -0.25) is 0 Å². The van der Waals surface area contributed by atoms with Crippen LogP contribution in [-0.2, 0) is 14.8 Å². The van der Waals surface area contributed by atoms with Gasteiger partial charge in [-0.05, 0) is 12.1 Å². The van der Waals surface area contributed by atoms with E-state index < -0.39 is 10.0 Å². The summed E-state index contributed by atoms with van der Waals surface area (Å²) in [5.74, 6) is 0.569. The van der Waals surface area contributed by atoms with Gasteiger partial charge in [0, 0.05) is 33.9 Å². The van der Waals surface area contributed by atoms with Gasteiger partial charge in [0.1, 0.15) is 10.7 Å². The molecule has 0 bridgehead atoms. The number of methoxy groups -OCH3 is 1. The Morgan fingerprint density at radius 2 is 2.16 bits per heavy atom. The summed E-state index contributed by atoms with van der Waals surface area (Å²) in [6.07, 6.45) is 1.32. The maximum atomic E-state index is 11.8. The van der Waals surface area contributed by atoms with Crippen molar-refractivity contribution in [2.24, 2.45) is 0 Å². The Bertz CT molecular complexity index is 490. The molecule has 8 heteroatoms. The van der Waals surface area contributed by atoms with Crippen LogP contribution in [0.5, 0.6) is 0 Å². The molecule has 0 fully saturated rings. The number of hydrogen-bond donors (Lipinski definition) is 1. The van der Waals surface area contributed by atoms with Crippen LogP contribution in [0, 0.1) is 0 Å². The minimum absolute atomic E-state index is 0.155. The van der Waals surface area contributed by atoms with E-state index in [-0.39, 0.29) is 10.3 Å². The van der Waals surface area contributed by atoms with Gasteiger partial charge in [-0.1, -0.05) is 0 Å². The van der Waals surface area contributed by atoms with Crippen molar-refractivity contribution in [1.82, 2.24) is 9.29 Å². The normalized spacial score (nSPS) is 13.5. The molecule has 1 rings (SSSR count). The standard InChI is InChI=1S/C11H18ClN3O3S/c1-15(2)19(16,17)10-4-5-11(14-7-10)13-6-9(12)8-18-3/h4-5,7,9H,6,8H2,1-3H3,(H,13,14). The monoisotopic (exact) mass is 307 g/mol. The van der Waals surface area contributed by atoms with E-state index in [0.29, 0.717) is 19.0 Å². The molecule has 108 valence electrons. The average Bonchev–Trinajstić information content (AvgIpc) is 2.37. The maximum absolute atomic E-state index is 11.8. The molecule has 0 aliphatic rings. The van der Waals surface area contributed by atoms with Crippen LogP contribution in [0.2, 0.25) is 0 Å². The van der Waals surface area contributed by atoms with Crippen molar-refractivity contribution < 1.29 is 13.2 Å². The zero-order valence-corrected chi connectivity index (χ0v) is 12.7. The molecule has 0 aromatic carbocycles. The van der Waals surface area contributed by atoms with Crippen LogP contribution < -0.4 is 5.32 Å². The summed E-state index contributed by atoms with van der Waals surface area (Å²) in [4.78, 5) is 4.20. The second-order valence-corrected chi connectivity index (χ2v) is 6.87. The Kier molecular flexibility index (Phi) is 5.99.